The lowest BCUT2D eigenvalue weighted by molar-refractivity contribution is 0.101. The molecule has 0 aliphatic rings. The maximum Gasteiger partial charge on any atom is 0.231 e. The molecule has 0 bridgehead atoms. The predicted octanol–water partition coefficient (Wildman–Crippen LogP) is 5.27. The minimum atomic E-state index is -3.29. The van der Waals surface area contributed by atoms with Crippen molar-refractivity contribution in [3.8, 4) is 11.1 Å². The molecule has 32 heavy (non-hydrogen) atoms. The second kappa shape index (κ2) is 8.60. The molecule has 0 spiro atoms. The van der Waals surface area contributed by atoms with Crippen LogP contribution < -0.4 is 10.5 Å². The van der Waals surface area contributed by atoms with Crippen LogP contribution >= 0.6 is 23.2 Å². The Labute approximate surface area is 195 Å². The Morgan fingerprint density at radius 3 is 2.50 bits per heavy atom. The van der Waals surface area contributed by atoms with Gasteiger partial charge in [0.25, 0.3) is 0 Å². The number of benzene rings is 3. The molecule has 0 unspecified atom stereocenters. The summed E-state index contributed by atoms with van der Waals surface area (Å²) in [7, 11) is -3.29. The smallest absolute Gasteiger partial charge is 0.231 e. The van der Waals surface area contributed by atoms with Crippen molar-refractivity contribution in [3.05, 3.63) is 87.6 Å². The summed E-state index contributed by atoms with van der Waals surface area (Å²) in [6, 6.07) is 17.5. The van der Waals surface area contributed by atoms with Crippen LogP contribution in [0, 0.1) is 0 Å². The van der Waals surface area contributed by atoms with Gasteiger partial charge in [-0.1, -0.05) is 47.5 Å². The number of rotatable bonds is 6. The topological polar surface area (TPSA) is 102 Å². The second-order valence-corrected chi connectivity index (χ2v) is 9.98. The summed E-state index contributed by atoms with van der Waals surface area (Å²) in [5, 5.41) is 1.24. The number of fused-ring (bicyclic) bond motifs is 1. The highest BCUT2D eigenvalue weighted by Crippen LogP contribution is 2.34. The molecule has 6 nitrogen and oxygen atoms in total. The fraction of sp³-hybridized carbons (Fsp3) is 0.0870. The molecule has 1 aromatic heterocycles. The molecule has 1 heterocycles. The molecule has 0 fully saturated rings. The fourth-order valence-electron chi connectivity index (χ4n) is 3.34. The highest BCUT2D eigenvalue weighted by atomic mass is 35.5. The number of nitrogens with two attached hydrogens (primary N) is 1. The number of sulfonamides is 1. The van der Waals surface area contributed by atoms with Gasteiger partial charge in [-0.05, 0) is 53.1 Å². The van der Waals surface area contributed by atoms with E-state index in [2.05, 4.69) is 4.72 Å². The monoisotopic (exact) mass is 488 g/mol. The van der Waals surface area contributed by atoms with Crippen LogP contribution in [0.15, 0.2) is 65.1 Å². The third kappa shape index (κ3) is 4.66. The molecule has 4 aromatic rings. The number of hydrogen-bond donors (Lipinski definition) is 2. The lowest BCUT2D eigenvalue weighted by Crippen LogP contribution is -2.21. The Hall–Kier alpha value is -2.84. The summed E-state index contributed by atoms with van der Waals surface area (Å²) in [5.41, 5.74) is 9.63. The first-order chi connectivity index (χ1) is 15.1. The molecule has 3 N–H and O–H groups in total. The van der Waals surface area contributed by atoms with Crippen LogP contribution in [-0.2, 0) is 16.6 Å². The van der Waals surface area contributed by atoms with Gasteiger partial charge in [-0.25, -0.2) is 13.1 Å². The van der Waals surface area contributed by atoms with Gasteiger partial charge in [0.05, 0.1) is 17.0 Å². The van der Waals surface area contributed by atoms with Crippen LogP contribution in [0.2, 0.25) is 10.0 Å². The van der Waals surface area contributed by atoms with E-state index in [-0.39, 0.29) is 28.6 Å². The van der Waals surface area contributed by atoms with Crippen molar-refractivity contribution in [2.24, 2.45) is 0 Å². The number of furan rings is 1. The largest absolute Gasteiger partial charge is 0.450 e. The van der Waals surface area contributed by atoms with E-state index in [0.717, 1.165) is 22.9 Å². The molecule has 9 heteroatoms. The highest BCUT2D eigenvalue weighted by Gasteiger charge is 2.22. The Morgan fingerprint density at radius 2 is 1.78 bits per heavy atom. The van der Waals surface area contributed by atoms with Crippen molar-refractivity contribution in [1.82, 2.24) is 4.72 Å². The number of hydrogen-bond acceptors (Lipinski definition) is 5. The molecular weight excluding hydrogens is 471 g/mol. The zero-order valence-electron chi connectivity index (χ0n) is 16.9. The number of carbonyl (C=O) groups excluding carboxylic acids is 1. The third-order valence-electron chi connectivity index (χ3n) is 4.91. The maximum absolute atomic E-state index is 13.0. The SMILES string of the molecule is CS(=O)(=O)NCc1cccc(-c2ccc3c(N)c(C(=O)c4ccc(Cl)cc4Cl)oc3c2)c1. The quantitative estimate of drug-likeness (QED) is 0.360. The molecule has 0 amide bonds. The van der Waals surface area contributed by atoms with Gasteiger partial charge >= 0.3 is 0 Å². The van der Waals surface area contributed by atoms with Gasteiger partial charge in [-0.15, -0.1) is 0 Å². The molecule has 164 valence electrons. The number of carbonyl (C=O) groups is 1. The Kier molecular flexibility index (Phi) is 6.01. The van der Waals surface area contributed by atoms with E-state index in [1.54, 1.807) is 18.2 Å². The van der Waals surface area contributed by atoms with Crippen LogP contribution in [-0.4, -0.2) is 20.5 Å². The molecule has 0 saturated carbocycles. The van der Waals surface area contributed by atoms with E-state index >= 15 is 0 Å². The van der Waals surface area contributed by atoms with Gasteiger partial charge in [-0.3, -0.25) is 4.79 Å². The predicted molar refractivity (Wildman–Crippen MR) is 128 cm³/mol. The van der Waals surface area contributed by atoms with E-state index in [4.69, 9.17) is 33.4 Å². The van der Waals surface area contributed by atoms with Crippen molar-refractivity contribution in [1.29, 1.82) is 0 Å². The minimum Gasteiger partial charge on any atom is -0.450 e. The van der Waals surface area contributed by atoms with Crippen LogP contribution in [0.4, 0.5) is 5.69 Å². The standard InChI is InChI=1S/C23H18Cl2N2O4S/c1-32(29,30)27-12-13-3-2-4-14(9-13)15-5-7-18-20(10-15)31-23(21(18)26)22(28)17-8-6-16(24)11-19(17)25/h2-11,27H,12,26H2,1H3. The molecule has 3 aromatic carbocycles. The zero-order valence-corrected chi connectivity index (χ0v) is 19.2. The van der Waals surface area contributed by atoms with Crippen molar-refractivity contribution in [2.75, 3.05) is 12.0 Å². The van der Waals surface area contributed by atoms with E-state index in [1.165, 1.54) is 12.1 Å². The van der Waals surface area contributed by atoms with Gasteiger partial charge in [-0.2, -0.15) is 0 Å². The number of halogens is 2. The highest BCUT2D eigenvalue weighted by molar-refractivity contribution is 7.88. The Balaban J connectivity index is 1.69. The number of nitrogen functional groups attached to an aromatic ring is 1. The van der Waals surface area contributed by atoms with Gasteiger partial charge in [0, 0.05) is 22.5 Å². The summed E-state index contributed by atoms with van der Waals surface area (Å²) in [6.07, 6.45) is 1.11. The summed E-state index contributed by atoms with van der Waals surface area (Å²) in [4.78, 5) is 13.0. The summed E-state index contributed by atoms with van der Waals surface area (Å²) < 4.78 is 31.0. The summed E-state index contributed by atoms with van der Waals surface area (Å²) in [6.45, 7) is 0.184. The molecule has 0 saturated heterocycles. The number of ketones is 1. The molecule has 0 radical (unpaired) electrons. The first kappa shape index (κ1) is 22.4. The number of nitrogens with one attached hydrogen (secondary N) is 1. The van der Waals surface area contributed by atoms with Crippen LogP contribution in [0.1, 0.15) is 21.7 Å². The van der Waals surface area contributed by atoms with E-state index in [9.17, 15) is 13.2 Å². The average molecular weight is 489 g/mol. The molecule has 0 aliphatic carbocycles. The molecule has 0 aliphatic heterocycles. The first-order valence-corrected chi connectivity index (χ1v) is 12.1. The van der Waals surface area contributed by atoms with Crippen LogP contribution in [0.5, 0.6) is 0 Å². The Bertz CT molecular complexity index is 1460. The third-order valence-corrected chi connectivity index (χ3v) is 6.13. The van der Waals surface area contributed by atoms with Crippen LogP contribution in [0.25, 0.3) is 22.1 Å². The summed E-state index contributed by atoms with van der Waals surface area (Å²) >= 11 is 12.1. The van der Waals surface area contributed by atoms with Gasteiger partial charge in [0.2, 0.25) is 15.8 Å². The second-order valence-electron chi connectivity index (χ2n) is 7.30. The van der Waals surface area contributed by atoms with Crippen molar-refractivity contribution < 1.29 is 17.6 Å². The number of anilines is 1. The van der Waals surface area contributed by atoms with Crippen molar-refractivity contribution in [3.63, 3.8) is 0 Å². The first-order valence-electron chi connectivity index (χ1n) is 9.48. The van der Waals surface area contributed by atoms with Crippen molar-refractivity contribution >= 4 is 55.7 Å². The van der Waals surface area contributed by atoms with Gasteiger partial charge < -0.3 is 10.2 Å². The maximum atomic E-state index is 13.0. The average Bonchev–Trinajstić information content (AvgIpc) is 3.07. The zero-order chi connectivity index (χ0) is 23.0. The lowest BCUT2D eigenvalue weighted by atomic mass is 10.0. The van der Waals surface area contributed by atoms with Crippen molar-refractivity contribution in [2.45, 2.75) is 6.54 Å². The van der Waals surface area contributed by atoms with Crippen LogP contribution in [0.3, 0.4) is 0 Å². The van der Waals surface area contributed by atoms with E-state index in [1.807, 2.05) is 30.3 Å². The minimum absolute atomic E-state index is 0.00692. The van der Waals surface area contributed by atoms with Gasteiger partial charge in [0.1, 0.15) is 5.58 Å². The van der Waals surface area contributed by atoms with E-state index < -0.39 is 15.8 Å². The fourth-order valence-corrected chi connectivity index (χ4v) is 4.26. The lowest BCUT2D eigenvalue weighted by Gasteiger charge is -2.06. The molecule has 4 rings (SSSR count). The molecular formula is C23H18Cl2N2O4S. The molecule has 0 atom stereocenters. The Morgan fingerprint density at radius 1 is 1.03 bits per heavy atom. The van der Waals surface area contributed by atoms with Gasteiger partial charge in [0.15, 0.2) is 5.76 Å². The van der Waals surface area contributed by atoms with E-state index in [0.29, 0.717) is 16.0 Å². The summed E-state index contributed by atoms with van der Waals surface area (Å²) in [5.74, 6) is -0.428. The normalized spacial score (nSPS) is 11.7.